The monoisotopic (exact) mass is 374 g/mol. The molecule has 8 nitrogen and oxygen atoms in total. The van der Waals surface area contributed by atoms with Crippen LogP contribution in [-0.2, 0) is 20.8 Å². The molecular weight excluding hydrogens is 348 g/mol. The van der Waals surface area contributed by atoms with E-state index in [0.717, 1.165) is 16.5 Å². The van der Waals surface area contributed by atoms with Gasteiger partial charge in [0.15, 0.2) is 0 Å². The molecule has 0 spiro atoms. The summed E-state index contributed by atoms with van der Waals surface area (Å²) in [5.41, 5.74) is 7.23. The average molecular weight is 374 g/mol. The molecule has 0 radical (unpaired) electrons. The van der Waals surface area contributed by atoms with Gasteiger partial charge < -0.3 is 26.5 Å². The molecule has 1 aromatic carbocycles. The number of amides is 2. The largest absolute Gasteiger partial charge is 0.480 e. The van der Waals surface area contributed by atoms with Gasteiger partial charge in [0.25, 0.3) is 0 Å². The van der Waals surface area contributed by atoms with Gasteiger partial charge in [-0.15, -0.1) is 0 Å². The van der Waals surface area contributed by atoms with Crippen molar-refractivity contribution in [2.75, 3.05) is 6.54 Å². The van der Waals surface area contributed by atoms with Crippen LogP contribution in [0.1, 0.15) is 31.7 Å². The van der Waals surface area contributed by atoms with Gasteiger partial charge in [-0.05, 0) is 37.4 Å². The molecule has 0 aliphatic heterocycles. The number of unbranched alkanes of at least 4 members (excludes halogenated alkanes) is 1. The second kappa shape index (κ2) is 9.72. The highest BCUT2D eigenvalue weighted by atomic mass is 16.4. The number of benzene rings is 1. The predicted molar refractivity (Wildman–Crippen MR) is 102 cm³/mol. The van der Waals surface area contributed by atoms with Crippen molar-refractivity contribution in [1.29, 1.82) is 0 Å². The van der Waals surface area contributed by atoms with Gasteiger partial charge in [0.2, 0.25) is 11.8 Å². The molecule has 0 aliphatic rings. The van der Waals surface area contributed by atoms with Crippen LogP contribution >= 0.6 is 0 Å². The Bertz CT molecular complexity index is 802. The number of nitrogens with two attached hydrogens (primary N) is 1. The molecule has 27 heavy (non-hydrogen) atoms. The van der Waals surface area contributed by atoms with E-state index in [1.165, 1.54) is 6.92 Å². The maximum absolute atomic E-state index is 12.7. The van der Waals surface area contributed by atoms with E-state index in [9.17, 15) is 19.5 Å². The number of carboxylic acid groups (broad SMARTS) is 1. The Balaban J connectivity index is 2.13. The van der Waals surface area contributed by atoms with Gasteiger partial charge in [-0.2, -0.15) is 0 Å². The lowest BCUT2D eigenvalue weighted by Crippen LogP contribution is -2.52. The number of para-hydroxylation sites is 1. The highest BCUT2D eigenvalue weighted by Gasteiger charge is 2.26. The van der Waals surface area contributed by atoms with E-state index in [2.05, 4.69) is 15.6 Å². The Morgan fingerprint density at radius 2 is 1.89 bits per heavy atom. The minimum absolute atomic E-state index is 0.255. The summed E-state index contributed by atoms with van der Waals surface area (Å²) in [6.07, 6.45) is 3.62. The van der Waals surface area contributed by atoms with Crippen molar-refractivity contribution in [1.82, 2.24) is 15.6 Å². The normalized spacial score (nSPS) is 13.1. The van der Waals surface area contributed by atoms with Crippen molar-refractivity contribution < 1.29 is 19.5 Å². The predicted octanol–water partition coefficient (Wildman–Crippen LogP) is 0.914. The van der Waals surface area contributed by atoms with E-state index in [4.69, 9.17) is 5.73 Å². The highest BCUT2D eigenvalue weighted by Crippen LogP contribution is 2.19. The van der Waals surface area contributed by atoms with E-state index < -0.39 is 24.0 Å². The zero-order chi connectivity index (χ0) is 19.8. The first kappa shape index (κ1) is 20.4. The Hall–Kier alpha value is -2.87. The van der Waals surface area contributed by atoms with Crippen molar-refractivity contribution in [2.45, 2.75) is 44.7 Å². The first-order chi connectivity index (χ1) is 12.9. The quantitative estimate of drug-likeness (QED) is 0.394. The maximum atomic E-state index is 12.7. The molecule has 0 unspecified atom stereocenters. The maximum Gasteiger partial charge on any atom is 0.326 e. The van der Waals surface area contributed by atoms with Gasteiger partial charge in [-0.25, -0.2) is 4.79 Å². The Kier molecular flexibility index (Phi) is 7.36. The van der Waals surface area contributed by atoms with E-state index in [1.54, 1.807) is 6.20 Å². The third-order valence-corrected chi connectivity index (χ3v) is 4.35. The second-order valence-electron chi connectivity index (χ2n) is 6.50. The molecule has 1 heterocycles. The van der Waals surface area contributed by atoms with Crippen LogP contribution in [0.25, 0.3) is 10.9 Å². The van der Waals surface area contributed by atoms with Crippen LogP contribution in [-0.4, -0.2) is 46.5 Å². The van der Waals surface area contributed by atoms with Gasteiger partial charge in [-0.1, -0.05) is 18.2 Å². The van der Waals surface area contributed by atoms with Gasteiger partial charge in [0, 0.05) is 30.4 Å². The van der Waals surface area contributed by atoms with Crippen LogP contribution in [0.4, 0.5) is 0 Å². The first-order valence-electron chi connectivity index (χ1n) is 8.97. The lowest BCUT2D eigenvalue weighted by Gasteiger charge is -2.21. The number of nitrogens with one attached hydrogen (secondary N) is 3. The first-order valence-corrected chi connectivity index (χ1v) is 8.97. The number of H-pyrrole nitrogens is 1. The van der Waals surface area contributed by atoms with Crippen LogP contribution in [0, 0.1) is 0 Å². The van der Waals surface area contributed by atoms with Crippen LogP contribution < -0.4 is 16.4 Å². The molecule has 2 amide bonds. The molecule has 2 aromatic rings. The standard InChI is InChI=1S/C19H26N4O4/c1-12(24)22-17(10-13-11-21-15-7-3-2-6-14(13)15)18(25)23-16(19(26)27)8-4-5-9-20/h2-3,6-7,11,16-17,21H,4-5,8-10,20H2,1H3,(H,22,24)(H,23,25)(H,26,27)/t16-,17-/m0/s1. The number of hydrogen-bond donors (Lipinski definition) is 5. The molecule has 6 N–H and O–H groups in total. The van der Waals surface area contributed by atoms with Crippen LogP contribution in [0.3, 0.4) is 0 Å². The van der Waals surface area contributed by atoms with Crippen molar-refractivity contribution in [2.24, 2.45) is 5.73 Å². The number of fused-ring (bicyclic) bond motifs is 1. The van der Waals surface area contributed by atoms with Crippen molar-refractivity contribution in [3.05, 3.63) is 36.0 Å². The summed E-state index contributed by atoms with van der Waals surface area (Å²) in [5.74, 6) is -1.98. The van der Waals surface area contributed by atoms with Crippen molar-refractivity contribution >= 4 is 28.7 Å². The minimum Gasteiger partial charge on any atom is -0.480 e. The molecule has 0 saturated carbocycles. The third-order valence-electron chi connectivity index (χ3n) is 4.35. The minimum atomic E-state index is -1.10. The third kappa shape index (κ3) is 5.82. The Morgan fingerprint density at radius 3 is 2.56 bits per heavy atom. The van der Waals surface area contributed by atoms with Gasteiger partial charge >= 0.3 is 5.97 Å². The summed E-state index contributed by atoms with van der Waals surface area (Å²) >= 11 is 0. The molecule has 2 rings (SSSR count). The average Bonchev–Trinajstić information content (AvgIpc) is 3.03. The smallest absolute Gasteiger partial charge is 0.326 e. The summed E-state index contributed by atoms with van der Waals surface area (Å²) in [5, 5.41) is 15.5. The van der Waals surface area contributed by atoms with E-state index in [-0.39, 0.29) is 18.7 Å². The van der Waals surface area contributed by atoms with Crippen molar-refractivity contribution in [3.63, 3.8) is 0 Å². The number of hydrogen-bond acceptors (Lipinski definition) is 4. The number of rotatable bonds is 10. The number of carbonyl (C=O) groups excluding carboxylic acids is 2. The summed E-state index contributed by atoms with van der Waals surface area (Å²) in [6, 6.07) is 5.77. The molecule has 1 aromatic heterocycles. The SMILES string of the molecule is CC(=O)N[C@@H](Cc1c[nH]c2ccccc12)C(=O)N[C@@H](CCCCN)C(=O)O. The van der Waals surface area contributed by atoms with Gasteiger partial charge in [-0.3, -0.25) is 9.59 Å². The fraction of sp³-hybridized carbons (Fsp3) is 0.421. The molecule has 0 fully saturated rings. The molecule has 0 bridgehead atoms. The highest BCUT2D eigenvalue weighted by molar-refractivity contribution is 5.91. The molecule has 2 atom stereocenters. The Labute approximate surface area is 157 Å². The zero-order valence-corrected chi connectivity index (χ0v) is 15.3. The summed E-state index contributed by atoms with van der Waals surface area (Å²) in [6.45, 7) is 1.79. The lowest BCUT2D eigenvalue weighted by atomic mass is 10.0. The lowest BCUT2D eigenvalue weighted by molar-refractivity contribution is -0.142. The topological polar surface area (TPSA) is 137 Å². The molecule has 146 valence electrons. The van der Waals surface area contributed by atoms with E-state index >= 15 is 0 Å². The van der Waals surface area contributed by atoms with Crippen LogP contribution in [0.2, 0.25) is 0 Å². The number of carbonyl (C=O) groups is 3. The fourth-order valence-electron chi connectivity index (χ4n) is 3.00. The van der Waals surface area contributed by atoms with Crippen molar-refractivity contribution in [3.8, 4) is 0 Å². The van der Waals surface area contributed by atoms with Gasteiger partial charge in [0.05, 0.1) is 0 Å². The number of aromatic amines is 1. The molecule has 0 saturated heterocycles. The molecule has 8 heteroatoms. The zero-order valence-electron chi connectivity index (χ0n) is 15.3. The molecular formula is C19H26N4O4. The second-order valence-corrected chi connectivity index (χ2v) is 6.50. The van der Waals surface area contributed by atoms with Gasteiger partial charge in [0.1, 0.15) is 12.1 Å². The fourth-order valence-corrected chi connectivity index (χ4v) is 3.00. The van der Waals surface area contributed by atoms with Crippen LogP contribution in [0.15, 0.2) is 30.5 Å². The van der Waals surface area contributed by atoms with E-state index in [0.29, 0.717) is 19.4 Å². The molecule has 0 aliphatic carbocycles. The van der Waals surface area contributed by atoms with Crippen LogP contribution in [0.5, 0.6) is 0 Å². The number of aliphatic carboxylic acids is 1. The number of carboxylic acids is 1. The number of aromatic nitrogens is 1. The summed E-state index contributed by atoms with van der Waals surface area (Å²) in [4.78, 5) is 38.8. The summed E-state index contributed by atoms with van der Waals surface area (Å²) < 4.78 is 0. The van der Waals surface area contributed by atoms with E-state index in [1.807, 2.05) is 24.3 Å². The Morgan fingerprint density at radius 1 is 1.15 bits per heavy atom. The summed E-state index contributed by atoms with van der Waals surface area (Å²) in [7, 11) is 0.